The van der Waals surface area contributed by atoms with Gasteiger partial charge in [0.1, 0.15) is 0 Å². The molecule has 0 unspecified atom stereocenters. The molecule has 0 radical (unpaired) electrons. The summed E-state index contributed by atoms with van der Waals surface area (Å²) in [4.78, 5) is 0. The molecule has 0 amide bonds. The van der Waals surface area contributed by atoms with Gasteiger partial charge in [-0.2, -0.15) is 13.2 Å². The van der Waals surface area contributed by atoms with Crippen LogP contribution in [0.3, 0.4) is 0 Å². The Morgan fingerprint density at radius 2 is 1.72 bits per heavy atom. The van der Waals surface area contributed by atoms with E-state index in [4.69, 9.17) is 5.11 Å². The molecule has 110 valence electrons. The van der Waals surface area contributed by atoms with Gasteiger partial charge in [0, 0.05) is 19.6 Å². The lowest BCUT2D eigenvalue weighted by atomic mass is 9.90. The zero-order valence-corrected chi connectivity index (χ0v) is 11.4. The molecule has 2 N–H and O–H groups in total. The molecule has 0 saturated heterocycles. The third kappa shape index (κ3) is 9.67. The summed E-state index contributed by atoms with van der Waals surface area (Å²) in [5.41, 5.74) is -0.425. The highest BCUT2D eigenvalue weighted by atomic mass is 32.2. The van der Waals surface area contributed by atoms with Crippen LogP contribution in [0.4, 0.5) is 13.2 Å². The Labute approximate surface area is 106 Å². The molecule has 0 aromatic rings. The highest BCUT2D eigenvalue weighted by Crippen LogP contribution is 2.22. The first kappa shape index (κ1) is 17.7. The number of aliphatic hydroxyl groups is 1. The lowest BCUT2D eigenvalue weighted by molar-refractivity contribution is -0.134. The van der Waals surface area contributed by atoms with Crippen molar-refractivity contribution in [3.63, 3.8) is 0 Å². The number of hydrogen-bond acceptors (Lipinski definition) is 3. The first-order valence-corrected chi connectivity index (χ1v) is 7.28. The van der Waals surface area contributed by atoms with Crippen LogP contribution >= 0.6 is 0 Å². The third-order valence-electron chi connectivity index (χ3n) is 2.43. The summed E-state index contributed by atoms with van der Waals surface area (Å²) in [6.45, 7) is 3.56. The molecule has 0 aliphatic heterocycles. The molecule has 0 saturated carbocycles. The van der Waals surface area contributed by atoms with E-state index in [0.717, 1.165) is 0 Å². The Bertz CT molecular complexity index is 339. The molecule has 0 spiro atoms. The Morgan fingerprint density at radius 1 is 1.17 bits per heavy atom. The maximum absolute atomic E-state index is 11.9. The quantitative estimate of drug-likeness (QED) is 0.714. The lowest BCUT2D eigenvalue weighted by Crippen LogP contribution is -2.36. The van der Waals surface area contributed by atoms with Gasteiger partial charge in [0.25, 0.3) is 0 Å². The molecule has 0 rings (SSSR count). The zero-order valence-electron chi connectivity index (χ0n) is 10.5. The first-order chi connectivity index (χ1) is 7.97. The van der Waals surface area contributed by atoms with Gasteiger partial charge in [-0.1, -0.05) is 13.8 Å². The van der Waals surface area contributed by atoms with Crippen molar-refractivity contribution in [2.45, 2.75) is 39.3 Å². The summed E-state index contributed by atoms with van der Waals surface area (Å²) in [5.74, 6) is -0.540. The Kier molecular flexibility index (Phi) is 6.59. The Hall–Kier alpha value is -0.340. The number of halogens is 3. The topological polar surface area (TPSA) is 66.4 Å². The Balaban J connectivity index is 4.09. The molecule has 0 fully saturated rings. The van der Waals surface area contributed by atoms with Crippen LogP contribution in [-0.2, 0) is 10.0 Å². The van der Waals surface area contributed by atoms with Crippen molar-refractivity contribution in [3.05, 3.63) is 0 Å². The van der Waals surface area contributed by atoms with E-state index in [1.165, 1.54) is 0 Å². The molecule has 0 aliphatic carbocycles. The van der Waals surface area contributed by atoms with Crippen molar-refractivity contribution in [2.75, 3.05) is 18.9 Å². The fourth-order valence-corrected chi connectivity index (χ4v) is 2.51. The molecule has 0 heterocycles. The minimum absolute atomic E-state index is 0.0667. The fourth-order valence-electron chi connectivity index (χ4n) is 1.23. The van der Waals surface area contributed by atoms with E-state index < -0.39 is 40.2 Å². The summed E-state index contributed by atoms with van der Waals surface area (Å²) in [6, 6.07) is 0. The summed E-state index contributed by atoms with van der Waals surface area (Å²) >= 11 is 0. The average molecular weight is 291 g/mol. The second-order valence-electron chi connectivity index (χ2n) is 5.00. The smallest absolute Gasteiger partial charge is 0.389 e. The van der Waals surface area contributed by atoms with Crippen LogP contribution in [0, 0.1) is 5.41 Å². The van der Waals surface area contributed by atoms with Crippen LogP contribution in [0.1, 0.15) is 33.1 Å². The molecule has 0 aliphatic rings. The maximum Gasteiger partial charge on any atom is 0.389 e. The average Bonchev–Trinajstić information content (AvgIpc) is 2.13. The standard InChI is InChI=1S/C10H20F3NO3S/c1-9(2,5-6-15)8-14-18(16,17)7-3-4-10(11,12)13/h14-15H,3-8H2,1-2H3. The number of sulfonamides is 1. The number of aliphatic hydroxyl groups excluding tert-OH is 1. The van der Waals surface area contributed by atoms with E-state index in [-0.39, 0.29) is 13.2 Å². The van der Waals surface area contributed by atoms with E-state index in [9.17, 15) is 21.6 Å². The van der Waals surface area contributed by atoms with Crippen molar-refractivity contribution in [2.24, 2.45) is 5.41 Å². The predicted octanol–water partition coefficient (Wildman–Crippen LogP) is 1.66. The van der Waals surface area contributed by atoms with Crippen LogP contribution in [0.2, 0.25) is 0 Å². The van der Waals surface area contributed by atoms with Crippen molar-refractivity contribution in [3.8, 4) is 0 Å². The minimum Gasteiger partial charge on any atom is -0.396 e. The van der Waals surface area contributed by atoms with Gasteiger partial charge in [-0.05, 0) is 18.3 Å². The number of alkyl halides is 3. The van der Waals surface area contributed by atoms with E-state index >= 15 is 0 Å². The second-order valence-corrected chi connectivity index (χ2v) is 6.92. The molecule has 8 heteroatoms. The van der Waals surface area contributed by atoms with Crippen molar-refractivity contribution < 1.29 is 26.7 Å². The zero-order chi connectivity index (χ0) is 14.4. The molecule has 0 atom stereocenters. The summed E-state index contributed by atoms with van der Waals surface area (Å²) in [7, 11) is -3.69. The molecule has 0 bridgehead atoms. The summed E-state index contributed by atoms with van der Waals surface area (Å²) in [5, 5.41) is 8.76. The van der Waals surface area contributed by atoms with E-state index in [1.54, 1.807) is 13.8 Å². The highest BCUT2D eigenvalue weighted by Gasteiger charge is 2.28. The van der Waals surface area contributed by atoms with Crippen molar-refractivity contribution in [1.29, 1.82) is 0 Å². The third-order valence-corrected chi connectivity index (χ3v) is 3.84. The minimum atomic E-state index is -4.33. The van der Waals surface area contributed by atoms with E-state index in [0.29, 0.717) is 6.42 Å². The largest absolute Gasteiger partial charge is 0.396 e. The van der Waals surface area contributed by atoms with Crippen LogP contribution in [0.5, 0.6) is 0 Å². The maximum atomic E-state index is 11.9. The van der Waals surface area contributed by atoms with Gasteiger partial charge in [0.15, 0.2) is 0 Å². The van der Waals surface area contributed by atoms with Gasteiger partial charge in [0.05, 0.1) is 5.75 Å². The van der Waals surface area contributed by atoms with Crippen molar-refractivity contribution >= 4 is 10.0 Å². The van der Waals surface area contributed by atoms with E-state index in [2.05, 4.69) is 4.72 Å². The predicted molar refractivity (Wildman–Crippen MR) is 62.6 cm³/mol. The van der Waals surface area contributed by atoms with Gasteiger partial charge < -0.3 is 5.11 Å². The SMILES string of the molecule is CC(C)(CCO)CNS(=O)(=O)CCCC(F)(F)F. The molecule has 0 aromatic carbocycles. The van der Waals surface area contributed by atoms with Gasteiger partial charge in [-0.3, -0.25) is 0 Å². The Morgan fingerprint density at radius 3 is 2.17 bits per heavy atom. The summed E-state index contributed by atoms with van der Waals surface area (Å²) < 4.78 is 60.7. The van der Waals surface area contributed by atoms with Gasteiger partial charge in [-0.25, -0.2) is 13.1 Å². The van der Waals surface area contributed by atoms with E-state index in [1.807, 2.05) is 0 Å². The van der Waals surface area contributed by atoms with Gasteiger partial charge >= 0.3 is 6.18 Å². The highest BCUT2D eigenvalue weighted by molar-refractivity contribution is 7.89. The van der Waals surface area contributed by atoms with Crippen LogP contribution in [0.15, 0.2) is 0 Å². The normalized spacial score (nSPS) is 13.9. The number of hydrogen-bond donors (Lipinski definition) is 2. The van der Waals surface area contributed by atoms with Gasteiger partial charge in [0.2, 0.25) is 10.0 Å². The lowest BCUT2D eigenvalue weighted by Gasteiger charge is -2.23. The molecule has 4 nitrogen and oxygen atoms in total. The monoisotopic (exact) mass is 291 g/mol. The molecular formula is C10H20F3NO3S. The van der Waals surface area contributed by atoms with Crippen molar-refractivity contribution in [1.82, 2.24) is 4.72 Å². The molecule has 0 aromatic heterocycles. The first-order valence-electron chi connectivity index (χ1n) is 5.62. The number of rotatable bonds is 8. The fraction of sp³-hybridized carbons (Fsp3) is 1.00. The number of nitrogens with one attached hydrogen (secondary N) is 1. The van der Waals surface area contributed by atoms with Crippen LogP contribution < -0.4 is 4.72 Å². The molecule has 18 heavy (non-hydrogen) atoms. The van der Waals surface area contributed by atoms with Gasteiger partial charge in [-0.15, -0.1) is 0 Å². The van der Waals surface area contributed by atoms with Crippen LogP contribution in [0.25, 0.3) is 0 Å². The second kappa shape index (κ2) is 6.72. The summed E-state index contributed by atoms with van der Waals surface area (Å²) in [6.07, 6.45) is -5.46. The molecular weight excluding hydrogens is 271 g/mol. The van der Waals surface area contributed by atoms with Crippen LogP contribution in [-0.4, -0.2) is 38.6 Å².